The van der Waals surface area contributed by atoms with Crippen LogP contribution in [0.5, 0.6) is 0 Å². The van der Waals surface area contributed by atoms with E-state index in [-0.39, 0.29) is 16.7 Å². The number of nitro benzene ring substituents is 1. The number of aromatic nitrogens is 2. The van der Waals surface area contributed by atoms with Gasteiger partial charge in [0.15, 0.2) is 5.52 Å². The van der Waals surface area contributed by atoms with Gasteiger partial charge in [0.25, 0.3) is 0 Å². The van der Waals surface area contributed by atoms with Crippen molar-refractivity contribution in [3.63, 3.8) is 0 Å². The van der Waals surface area contributed by atoms with Crippen LogP contribution in [0.15, 0.2) is 15.0 Å². The van der Waals surface area contributed by atoms with Crippen molar-refractivity contribution < 1.29 is 4.92 Å². The smallest absolute Gasteiger partial charge is 0.312 e. The fraction of sp³-hybridized carbons (Fsp3) is 0.533. The first-order valence-electron chi connectivity index (χ1n) is 7.84. The Kier molecular flexibility index (Phi) is 4.85. The number of hydrogen-bond acceptors (Lipinski definition) is 5. The van der Waals surface area contributed by atoms with Crippen molar-refractivity contribution in [2.45, 2.75) is 32.9 Å². The average molecular weight is 461 g/mol. The molecule has 1 aromatic carbocycles. The summed E-state index contributed by atoms with van der Waals surface area (Å²) in [6, 6.07) is 2.39. The molecule has 1 fully saturated rings. The van der Waals surface area contributed by atoms with Gasteiger partial charge in [-0.05, 0) is 58.7 Å². The van der Waals surface area contributed by atoms with Crippen LogP contribution in [0, 0.1) is 10.1 Å². The second kappa shape index (κ2) is 6.61. The standard InChI is InChI=1S/C15H19Br2N5O2/c1-8(2)21-11-6-10(16)12(17)14(22(23)24)13(11)19-15(21)20-5-4-18-9(3)7-20/h6,8-9,18H,4-5,7H2,1-3H3/t9-/m1/s1. The number of nitrogens with one attached hydrogen (secondary N) is 1. The fourth-order valence-corrected chi connectivity index (χ4v) is 4.01. The Hall–Kier alpha value is -1.19. The monoisotopic (exact) mass is 459 g/mol. The molecule has 1 aliphatic heterocycles. The quantitative estimate of drug-likeness (QED) is 0.556. The number of nitrogens with zero attached hydrogens (tertiary/aromatic N) is 4. The summed E-state index contributed by atoms with van der Waals surface area (Å²) in [6.07, 6.45) is 0. The van der Waals surface area contributed by atoms with Crippen molar-refractivity contribution in [1.82, 2.24) is 14.9 Å². The molecule has 2 heterocycles. The molecule has 9 heteroatoms. The average Bonchev–Trinajstić information content (AvgIpc) is 2.86. The molecular formula is C15H19Br2N5O2. The van der Waals surface area contributed by atoms with E-state index >= 15 is 0 Å². The third kappa shape index (κ3) is 2.93. The molecule has 1 aromatic heterocycles. The summed E-state index contributed by atoms with van der Waals surface area (Å²) in [5.41, 5.74) is 1.20. The molecule has 24 heavy (non-hydrogen) atoms. The van der Waals surface area contributed by atoms with Gasteiger partial charge in [0.05, 0.1) is 10.4 Å². The lowest BCUT2D eigenvalue weighted by Crippen LogP contribution is -2.50. The van der Waals surface area contributed by atoms with Crippen molar-refractivity contribution in [1.29, 1.82) is 0 Å². The lowest BCUT2D eigenvalue weighted by atomic mass is 10.2. The van der Waals surface area contributed by atoms with E-state index in [9.17, 15) is 10.1 Å². The maximum atomic E-state index is 11.6. The van der Waals surface area contributed by atoms with Gasteiger partial charge in [-0.25, -0.2) is 4.98 Å². The van der Waals surface area contributed by atoms with Gasteiger partial charge in [0, 0.05) is 36.2 Å². The number of piperazine rings is 1. The Bertz CT molecular complexity index is 805. The molecule has 1 N–H and O–H groups in total. The minimum Gasteiger partial charge on any atom is -0.339 e. The van der Waals surface area contributed by atoms with Crippen molar-refractivity contribution in [3.05, 3.63) is 25.1 Å². The van der Waals surface area contributed by atoms with Crippen LogP contribution in [0.4, 0.5) is 11.6 Å². The van der Waals surface area contributed by atoms with Crippen LogP contribution in [-0.4, -0.2) is 40.2 Å². The van der Waals surface area contributed by atoms with E-state index in [1.54, 1.807) is 0 Å². The lowest BCUT2D eigenvalue weighted by molar-refractivity contribution is -0.384. The van der Waals surface area contributed by atoms with E-state index < -0.39 is 0 Å². The number of hydrogen-bond donors (Lipinski definition) is 1. The summed E-state index contributed by atoms with van der Waals surface area (Å²) in [6.45, 7) is 8.79. The molecule has 1 atom stereocenters. The summed E-state index contributed by atoms with van der Waals surface area (Å²) in [4.78, 5) is 18.1. The largest absolute Gasteiger partial charge is 0.339 e. The first kappa shape index (κ1) is 17.6. The number of fused-ring (bicyclic) bond motifs is 1. The molecule has 0 aliphatic carbocycles. The second-order valence-corrected chi connectivity index (χ2v) is 7.97. The fourth-order valence-electron chi connectivity index (χ4n) is 3.16. The Morgan fingerprint density at radius 3 is 2.75 bits per heavy atom. The maximum absolute atomic E-state index is 11.6. The highest BCUT2D eigenvalue weighted by molar-refractivity contribution is 9.13. The zero-order valence-electron chi connectivity index (χ0n) is 13.7. The van der Waals surface area contributed by atoms with Gasteiger partial charge in [-0.1, -0.05) is 0 Å². The Labute approximate surface area is 156 Å². The molecular weight excluding hydrogens is 442 g/mol. The SMILES string of the molecule is CC(C)n1c(N2CCN[C@H](C)C2)nc2c([N+](=O)[O-])c(Br)c(Br)cc21. The first-order chi connectivity index (χ1) is 11.3. The Balaban J connectivity index is 2.28. The highest BCUT2D eigenvalue weighted by Crippen LogP contribution is 2.41. The summed E-state index contributed by atoms with van der Waals surface area (Å²) in [7, 11) is 0. The van der Waals surface area contributed by atoms with Gasteiger partial charge in [0.2, 0.25) is 5.95 Å². The molecule has 130 valence electrons. The van der Waals surface area contributed by atoms with Gasteiger partial charge >= 0.3 is 5.69 Å². The molecule has 1 saturated heterocycles. The summed E-state index contributed by atoms with van der Waals surface area (Å²) >= 11 is 6.73. The number of halogens is 2. The number of anilines is 1. The minimum atomic E-state index is -0.376. The van der Waals surface area contributed by atoms with Crippen LogP contribution >= 0.6 is 31.9 Å². The third-order valence-corrected chi connectivity index (χ3v) is 6.15. The minimum absolute atomic E-state index is 0.00297. The van der Waals surface area contributed by atoms with Gasteiger partial charge in [0.1, 0.15) is 4.47 Å². The zero-order chi connectivity index (χ0) is 17.6. The second-order valence-electron chi connectivity index (χ2n) is 6.32. The molecule has 1 aliphatic rings. The lowest BCUT2D eigenvalue weighted by Gasteiger charge is -2.33. The van der Waals surface area contributed by atoms with E-state index in [1.165, 1.54) is 0 Å². The number of nitro groups is 1. The van der Waals surface area contributed by atoms with E-state index in [4.69, 9.17) is 0 Å². The van der Waals surface area contributed by atoms with Gasteiger partial charge in [-0.2, -0.15) is 0 Å². The predicted molar refractivity (Wildman–Crippen MR) is 102 cm³/mol. The van der Waals surface area contributed by atoms with E-state index in [0.717, 1.165) is 31.1 Å². The van der Waals surface area contributed by atoms with Crippen molar-refractivity contribution in [3.8, 4) is 0 Å². The molecule has 7 nitrogen and oxygen atoms in total. The Morgan fingerprint density at radius 2 is 2.17 bits per heavy atom. The van der Waals surface area contributed by atoms with Crippen LogP contribution in [-0.2, 0) is 0 Å². The number of benzene rings is 1. The van der Waals surface area contributed by atoms with Crippen LogP contribution < -0.4 is 10.2 Å². The van der Waals surface area contributed by atoms with E-state index in [0.29, 0.717) is 20.5 Å². The van der Waals surface area contributed by atoms with Crippen LogP contribution in [0.3, 0.4) is 0 Å². The van der Waals surface area contributed by atoms with Crippen LogP contribution in [0.1, 0.15) is 26.8 Å². The normalized spacial score (nSPS) is 18.6. The Morgan fingerprint density at radius 1 is 1.46 bits per heavy atom. The highest BCUT2D eigenvalue weighted by atomic mass is 79.9. The molecule has 0 unspecified atom stereocenters. The number of rotatable bonds is 3. The van der Waals surface area contributed by atoms with Crippen LogP contribution in [0.2, 0.25) is 0 Å². The zero-order valence-corrected chi connectivity index (χ0v) is 16.9. The number of imidazole rings is 1. The van der Waals surface area contributed by atoms with Crippen LogP contribution in [0.25, 0.3) is 11.0 Å². The summed E-state index contributed by atoms with van der Waals surface area (Å²) < 4.78 is 3.16. The van der Waals surface area contributed by atoms with Crippen molar-refractivity contribution in [2.24, 2.45) is 0 Å². The summed E-state index contributed by atoms with van der Waals surface area (Å²) in [5.74, 6) is 0.793. The first-order valence-corrected chi connectivity index (χ1v) is 9.42. The third-order valence-electron chi connectivity index (χ3n) is 4.19. The van der Waals surface area contributed by atoms with Crippen molar-refractivity contribution in [2.75, 3.05) is 24.5 Å². The molecule has 3 rings (SSSR count). The van der Waals surface area contributed by atoms with Gasteiger partial charge in [-0.15, -0.1) is 0 Å². The molecule has 0 radical (unpaired) electrons. The van der Waals surface area contributed by atoms with Gasteiger partial charge in [-0.3, -0.25) is 10.1 Å². The predicted octanol–water partition coefficient (Wildman–Crippen LogP) is 3.85. The van der Waals surface area contributed by atoms with E-state index in [2.05, 4.69) is 72.4 Å². The molecule has 0 saturated carbocycles. The summed E-state index contributed by atoms with van der Waals surface area (Å²) in [5, 5.41) is 15.0. The van der Waals surface area contributed by atoms with Gasteiger partial charge < -0.3 is 14.8 Å². The van der Waals surface area contributed by atoms with Crippen molar-refractivity contribution >= 4 is 54.5 Å². The molecule has 0 bridgehead atoms. The molecule has 2 aromatic rings. The van der Waals surface area contributed by atoms with E-state index in [1.807, 2.05) is 6.07 Å². The molecule has 0 spiro atoms. The maximum Gasteiger partial charge on any atom is 0.312 e. The topological polar surface area (TPSA) is 76.2 Å². The molecule has 0 amide bonds. The highest BCUT2D eigenvalue weighted by Gasteiger charge is 2.29.